The third kappa shape index (κ3) is 5.48. The third-order valence-electron chi connectivity index (χ3n) is 4.62. The second-order valence-electron chi connectivity index (χ2n) is 6.45. The number of benzene rings is 1. The van der Waals surface area contributed by atoms with E-state index in [1.54, 1.807) is 11.8 Å². The van der Waals surface area contributed by atoms with E-state index in [9.17, 15) is 23.3 Å². The van der Waals surface area contributed by atoms with Crippen LogP contribution in [0.2, 0.25) is 0 Å². The molecule has 0 atom stereocenters. The number of nitro groups is 1. The molecule has 160 valence electrons. The number of alkyl halides is 3. The van der Waals surface area contributed by atoms with Crippen molar-refractivity contribution in [1.29, 1.82) is 0 Å². The minimum Gasteiger partial charge on any atom is -1.00 e. The number of halogens is 4. The standard InChI is InChI=1S/C16H18F3N5O4.ClH/c1-11-15(21-28-20-11)27-9-8-22-4-6-23(7-5-22)13-3-2-12(16(17,18)19)10-14(13)24(25)26;/h2-3,10H,4-9H2,1H3;1H. The number of rotatable bonds is 6. The van der Waals surface area contributed by atoms with E-state index in [1.807, 2.05) is 0 Å². The molecule has 0 radical (unpaired) electrons. The summed E-state index contributed by atoms with van der Waals surface area (Å²) in [4.78, 5) is 13.5. The Balaban J connectivity index is 0.00000300. The van der Waals surface area contributed by atoms with Crippen molar-refractivity contribution in [1.82, 2.24) is 10.3 Å². The number of aryl methyl sites for hydroxylation is 1. The van der Waals surface area contributed by atoms with Gasteiger partial charge < -0.3 is 26.9 Å². The molecule has 0 unspecified atom stereocenters. The molecule has 29 heavy (non-hydrogen) atoms. The first-order chi connectivity index (χ1) is 13.3. The first kappa shape index (κ1) is 22.7. The lowest BCUT2D eigenvalue weighted by atomic mass is 10.1. The molecule has 1 aromatic heterocycles. The van der Waals surface area contributed by atoms with Crippen LogP contribution in [0.25, 0.3) is 0 Å². The highest BCUT2D eigenvalue weighted by Crippen LogP contribution is 2.36. The van der Waals surface area contributed by atoms with Gasteiger partial charge in [0.15, 0.2) is 0 Å². The minimum atomic E-state index is -4.62. The van der Waals surface area contributed by atoms with Crippen molar-refractivity contribution in [2.24, 2.45) is 0 Å². The van der Waals surface area contributed by atoms with Crippen molar-refractivity contribution in [2.45, 2.75) is 13.1 Å². The zero-order valence-corrected chi connectivity index (χ0v) is 16.2. The van der Waals surface area contributed by atoms with Gasteiger partial charge in [-0.2, -0.15) is 13.2 Å². The molecule has 1 aromatic carbocycles. The van der Waals surface area contributed by atoms with Gasteiger partial charge in [0.05, 0.1) is 36.7 Å². The van der Waals surface area contributed by atoms with Crippen LogP contribution < -0.4 is 26.9 Å². The third-order valence-corrected chi connectivity index (χ3v) is 4.62. The molecule has 2 aromatic rings. The Morgan fingerprint density at radius 1 is 1.31 bits per heavy atom. The number of hydrogen-bond donors (Lipinski definition) is 1. The summed E-state index contributed by atoms with van der Waals surface area (Å²) >= 11 is 0. The summed E-state index contributed by atoms with van der Waals surface area (Å²) in [7, 11) is 0. The highest BCUT2D eigenvalue weighted by Gasteiger charge is 2.34. The normalized spacial score (nSPS) is 15.1. The number of hydrogen-bond acceptors (Lipinski definition) is 7. The highest BCUT2D eigenvalue weighted by atomic mass is 35.5. The molecule has 1 aliphatic rings. The maximum Gasteiger partial charge on any atom is 0.416 e. The van der Waals surface area contributed by atoms with Gasteiger partial charge in [-0.3, -0.25) is 10.1 Å². The van der Waals surface area contributed by atoms with E-state index in [2.05, 4.69) is 14.9 Å². The van der Waals surface area contributed by atoms with Crippen molar-refractivity contribution < 1.29 is 44.8 Å². The molecular weight excluding hydrogens is 419 g/mol. The molecular formula is C16H19ClF3N5O4. The molecule has 1 N–H and O–H groups in total. The summed E-state index contributed by atoms with van der Waals surface area (Å²) in [6.07, 6.45) is -4.62. The topological polar surface area (TPSA) is 99.0 Å². The van der Waals surface area contributed by atoms with Crippen LogP contribution in [0, 0.1) is 17.0 Å². The Hall–Kier alpha value is -2.60. The lowest BCUT2D eigenvalue weighted by molar-refractivity contribution is -0.900. The molecule has 0 amide bonds. The fraction of sp³-hybridized carbons (Fsp3) is 0.500. The minimum absolute atomic E-state index is 0. The second-order valence-corrected chi connectivity index (χ2v) is 6.45. The van der Waals surface area contributed by atoms with E-state index in [1.165, 1.54) is 11.0 Å². The maximum absolute atomic E-state index is 12.8. The smallest absolute Gasteiger partial charge is 0.416 e. The number of nitrogens with zero attached hydrogens (tertiary/aromatic N) is 4. The van der Waals surface area contributed by atoms with Crippen LogP contribution in [-0.2, 0) is 6.18 Å². The van der Waals surface area contributed by atoms with Gasteiger partial charge in [0, 0.05) is 6.07 Å². The summed E-state index contributed by atoms with van der Waals surface area (Å²) in [5.74, 6) is 0.346. The van der Waals surface area contributed by atoms with Crippen LogP contribution in [0.5, 0.6) is 5.88 Å². The number of quaternary nitrogens is 1. The van der Waals surface area contributed by atoms with Crippen molar-refractivity contribution >= 4 is 11.4 Å². The van der Waals surface area contributed by atoms with E-state index in [4.69, 9.17) is 4.74 Å². The Morgan fingerprint density at radius 2 is 2.00 bits per heavy atom. The van der Waals surface area contributed by atoms with Crippen molar-refractivity contribution in [3.05, 3.63) is 39.6 Å². The number of ether oxygens (including phenoxy) is 1. The van der Waals surface area contributed by atoms with Gasteiger partial charge in [-0.15, -0.1) is 0 Å². The second kappa shape index (κ2) is 9.27. The van der Waals surface area contributed by atoms with E-state index in [0.717, 1.165) is 6.07 Å². The Morgan fingerprint density at radius 3 is 2.55 bits per heavy atom. The summed E-state index contributed by atoms with van der Waals surface area (Å²) in [6.45, 7) is 5.15. The van der Waals surface area contributed by atoms with E-state index >= 15 is 0 Å². The van der Waals surface area contributed by atoms with Crippen LogP contribution >= 0.6 is 0 Å². The number of piperazine rings is 1. The summed E-state index contributed by atoms with van der Waals surface area (Å²) in [5, 5.41) is 18.5. The lowest BCUT2D eigenvalue weighted by Gasteiger charge is -2.33. The maximum atomic E-state index is 12.8. The van der Waals surface area contributed by atoms with Crippen LogP contribution in [-0.4, -0.2) is 54.6 Å². The average molecular weight is 438 g/mol. The molecule has 9 nitrogen and oxygen atoms in total. The van der Waals surface area contributed by atoms with Gasteiger partial charge in [0.1, 0.15) is 24.5 Å². The van der Waals surface area contributed by atoms with Crippen molar-refractivity contribution in [2.75, 3.05) is 44.2 Å². The van der Waals surface area contributed by atoms with Gasteiger partial charge >= 0.3 is 6.18 Å². The quantitative estimate of drug-likeness (QED) is 0.416. The van der Waals surface area contributed by atoms with Gasteiger partial charge in [0.25, 0.3) is 11.6 Å². The fourth-order valence-electron chi connectivity index (χ4n) is 3.07. The monoisotopic (exact) mass is 437 g/mol. The molecule has 0 spiro atoms. The molecule has 1 fully saturated rings. The molecule has 1 saturated heterocycles. The van der Waals surface area contributed by atoms with Crippen molar-refractivity contribution in [3.63, 3.8) is 0 Å². The van der Waals surface area contributed by atoms with Gasteiger partial charge in [0.2, 0.25) is 0 Å². The van der Waals surface area contributed by atoms with Crippen LogP contribution in [0.1, 0.15) is 11.3 Å². The highest BCUT2D eigenvalue weighted by molar-refractivity contribution is 5.64. The first-order valence-electron chi connectivity index (χ1n) is 8.62. The number of aromatic nitrogens is 2. The largest absolute Gasteiger partial charge is 1.00 e. The summed E-state index contributed by atoms with van der Waals surface area (Å²) in [6, 6.07) is 2.65. The van der Waals surface area contributed by atoms with Gasteiger partial charge in [-0.1, -0.05) is 5.16 Å². The predicted octanol–water partition coefficient (Wildman–Crippen LogP) is -1.91. The van der Waals surface area contributed by atoms with E-state index < -0.39 is 22.4 Å². The molecule has 0 bridgehead atoms. The summed E-state index contributed by atoms with van der Waals surface area (Å²) in [5.41, 5.74) is -0.787. The molecule has 0 aliphatic carbocycles. The van der Waals surface area contributed by atoms with Crippen LogP contribution in [0.15, 0.2) is 22.8 Å². The number of nitrogens with one attached hydrogen (secondary N) is 1. The Kier molecular flexibility index (Phi) is 7.25. The van der Waals surface area contributed by atoms with Crippen LogP contribution in [0.3, 0.4) is 0 Å². The fourth-order valence-corrected chi connectivity index (χ4v) is 3.07. The van der Waals surface area contributed by atoms with Gasteiger partial charge in [-0.05, 0) is 24.2 Å². The van der Waals surface area contributed by atoms with Crippen LogP contribution in [0.4, 0.5) is 24.5 Å². The number of nitro benzene ring substituents is 1. The summed E-state index contributed by atoms with van der Waals surface area (Å²) < 4.78 is 48.5. The Bertz CT molecular complexity index is 840. The predicted molar refractivity (Wildman–Crippen MR) is 90.4 cm³/mol. The van der Waals surface area contributed by atoms with Crippen molar-refractivity contribution in [3.8, 4) is 5.88 Å². The zero-order valence-electron chi connectivity index (χ0n) is 15.4. The molecule has 2 heterocycles. The number of anilines is 1. The molecule has 13 heteroatoms. The zero-order chi connectivity index (χ0) is 20.3. The van der Waals surface area contributed by atoms with E-state index in [0.29, 0.717) is 57.0 Å². The molecule has 0 saturated carbocycles. The molecule has 1 aliphatic heterocycles. The lowest BCUT2D eigenvalue weighted by Crippen LogP contribution is -3.15. The van der Waals surface area contributed by atoms with E-state index in [-0.39, 0.29) is 18.1 Å². The SMILES string of the molecule is Cc1nonc1OCC[NH+]1CCN(c2ccc(C(F)(F)F)cc2[N+](=O)[O-])CC1.[Cl-]. The Labute approximate surface area is 169 Å². The van der Waals surface area contributed by atoms with Gasteiger partial charge in [-0.25, -0.2) is 4.63 Å². The molecule has 3 rings (SSSR count). The first-order valence-corrected chi connectivity index (χ1v) is 8.62. The average Bonchev–Trinajstić information content (AvgIpc) is 3.06.